The summed E-state index contributed by atoms with van der Waals surface area (Å²) >= 11 is 6.37. The molecule has 2 heterocycles. The molecular weight excluding hydrogens is 470 g/mol. The van der Waals surface area contributed by atoms with E-state index in [2.05, 4.69) is 5.32 Å². The summed E-state index contributed by atoms with van der Waals surface area (Å²) in [5.74, 6) is -0.432. The van der Waals surface area contributed by atoms with Gasteiger partial charge in [-0.1, -0.05) is 37.6 Å². The highest BCUT2D eigenvalue weighted by atomic mass is 35.5. The molecule has 0 saturated carbocycles. The van der Waals surface area contributed by atoms with Crippen LogP contribution in [0.15, 0.2) is 24.3 Å². The molecule has 8 nitrogen and oxygen atoms in total. The monoisotopic (exact) mass is 507 g/mol. The molecule has 3 rings (SSSR count). The van der Waals surface area contributed by atoms with Gasteiger partial charge in [0.15, 0.2) is 0 Å². The van der Waals surface area contributed by atoms with Crippen LogP contribution in [0.4, 0.5) is 10.5 Å². The summed E-state index contributed by atoms with van der Waals surface area (Å²) in [5.41, 5.74) is -0.419. The molecule has 194 valence electrons. The number of hydrogen-bond donors (Lipinski definition) is 1. The van der Waals surface area contributed by atoms with Gasteiger partial charge in [-0.15, -0.1) is 0 Å². The topological polar surface area (TPSA) is 88.2 Å². The number of anilines is 1. The van der Waals surface area contributed by atoms with Gasteiger partial charge in [0.1, 0.15) is 11.7 Å². The molecule has 2 fully saturated rings. The Balaban J connectivity index is 1.81. The Morgan fingerprint density at radius 3 is 2.49 bits per heavy atom. The van der Waals surface area contributed by atoms with E-state index in [-0.39, 0.29) is 30.3 Å². The van der Waals surface area contributed by atoms with E-state index in [1.54, 1.807) is 31.7 Å². The molecule has 2 aliphatic heterocycles. The summed E-state index contributed by atoms with van der Waals surface area (Å²) < 4.78 is 11.2. The molecule has 0 spiro atoms. The number of nitrogens with one attached hydrogen (secondary N) is 1. The second-order valence-corrected chi connectivity index (χ2v) is 11.8. The standard InChI is InChI=1S/C26H38ClN3O5/c1-16(2)17-12-21(34-23(17)32)19(28-24(33)35-25(3,4)5)13-29-14-22(31)30(15-26(29,6)7)20-11-9-8-10-18(20)27/h8-11,16-17,19,21H,12-15H2,1-7H3,(H,28,33)/t17-,19?,21-/m0/s1. The van der Waals surface area contributed by atoms with Gasteiger partial charge in [0, 0.05) is 18.6 Å². The van der Waals surface area contributed by atoms with Crippen molar-refractivity contribution in [3.8, 4) is 0 Å². The molecule has 0 aliphatic carbocycles. The maximum atomic E-state index is 13.2. The fraction of sp³-hybridized carbons (Fsp3) is 0.654. The minimum absolute atomic E-state index is 0.0862. The summed E-state index contributed by atoms with van der Waals surface area (Å²) in [4.78, 5) is 42.1. The van der Waals surface area contributed by atoms with Crippen LogP contribution in [-0.4, -0.2) is 65.8 Å². The van der Waals surface area contributed by atoms with Crippen LogP contribution in [0.1, 0.15) is 54.9 Å². The van der Waals surface area contributed by atoms with Gasteiger partial charge in [-0.25, -0.2) is 4.79 Å². The summed E-state index contributed by atoms with van der Waals surface area (Å²) in [6, 6.07) is 6.76. The number of alkyl carbamates (subject to hydrolysis) is 1. The first-order chi connectivity index (χ1) is 16.2. The van der Waals surface area contributed by atoms with E-state index in [4.69, 9.17) is 21.1 Å². The smallest absolute Gasteiger partial charge is 0.408 e. The number of piperazine rings is 1. The van der Waals surface area contributed by atoms with Gasteiger partial charge in [-0.3, -0.25) is 14.5 Å². The summed E-state index contributed by atoms with van der Waals surface area (Å²) in [7, 11) is 0. The maximum absolute atomic E-state index is 13.2. The Bertz CT molecular complexity index is 959. The predicted octanol–water partition coefficient (Wildman–Crippen LogP) is 4.25. The number of halogens is 1. The van der Waals surface area contributed by atoms with Crippen molar-refractivity contribution >= 4 is 35.3 Å². The Morgan fingerprint density at radius 1 is 1.26 bits per heavy atom. The van der Waals surface area contributed by atoms with Crippen molar-refractivity contribution in [1.82, 2.24) is 10.2 Å². The third-order valence-electron chi connectivity index (χ3n) is 6.60. The molecular formula is C26H38ClN3O5. The van der Waals surface area contributed by atoms with Crippen molar-refractivity contribution < 1.29 is 23.9 Å². The summed E-state index contributed by atoms with van der Waals surface area (Å²) in [6.07, 6.45) is -0.578. The van der Waals surface area contributed by atoms with E-state index in [0.717, 1.165) is 0 Å². The van der Waals surface area contributed by atoms with Crippen LogP contribution >= 0.6 is 11.6 Å². The highest BCUT2D eigenvalue weighted by Gasteiger charge is 2.45. The van der Waals surface area contributed by atoms with Crippen LogP contribution in [0.5, 0.6) is 0 Å². The van der Waals surface area contributed by atoms with E-state index >= 15 is 0 Å². The largest absolute Gasteiger partial charge is 0.460 e. The second kappa shape index (κ2) is 10.3. The predicted molar refractivity (Wildman–Crippen MR) is 135 cm³/mol. The minimum Gasteiger partial charge on any atom is -0.460 e. The van der Waals surface area contributed by atoms with Crippen LogP contribution in [0, 0.1) is 11.8 Å². The van der Waals surface area contributed by atoms with E-state index in [1.165, 1.54) is 0 Å². The highest BCUT2D eigenvalue weighted by Crippen LogP contribution is 2.33. The Hall–Kier alpha value is -2.32. The van der Waals surface area contributed by atoms with Crippen molar-refractivity contribution in [1.29, 1.82) is 0 Å². The van der Waals surface area contributed by atoms with Crippen molar-refractivity contribution in [2.75, 3.05) is 24.5 Å². The first-order valence-electron chi connectivity index (χ1n) is 12.2. The van der Waals surface area contributed by atoms with Gasteiger partial charge in [0.25, 0.3) is 0 Å². The second-order valence-electron chi connectivity index (χ2n) is 11.4. The van der Waals surface area contributed by atoms with Crippen LogP contribution < -0.4 is 10.2 Å². The van der Waals surface area contributed by atoms with Crippen LogP contribution in [0.3, 0.4) is 0 Å². The zero-order chi connectivity index (χ0) is 26.1. The number of carbonyl (C=O) groups excluding carboxylic acids is 3. The zero-order valence-corrected chi connectivity index (χ0v) is 22.5. The highest BCUT2D eigenvalue weighted by molar-refractivity contribution is 6.33. The molecule has 2 amide bonds. The van der Waals surface area contributed by atoms with Crippen molar-refractivity contribution in [2.45, 2.75) is 78.2 Å². The molecule has 35 heavy (non-hydrogen) atoms. The number of amides is 2. The van der Waals surface area contributed by atoms with Crippen LogP contribution in [0.2, 0.25) is 5.02 Å². The summed E-state index contributed by atoms with van der Waals surface area (Å²) in [5, 5.41) is 3.44. The number of nitrogens with zero attached hydrogens (tertiary/aromatic N) is 2. The molecule has 1 aromatic carbocycles. The first-order valence-corrected chi connectivity index (χ1v) is 12.6. The fourth-order valence-electron chi connectivity index (χ4n) is 4.61. The number of benzene rings is 1. The lowest BCUT2D eigenvalue weighted by atomic mass is 9.90. The fourth-order valence-corrected chi connectivity index (χ4v) is 4.85. The molecule has 0 aromatic heterocycles. The SMILES string of the molecule is CC(C)[C@@H]1C[C@@H](C(CN2CC(=O)N(c3ccccc3Cl)CC2(C)C)NC(=O)OC(C)(C)C)OC1=O. The van der Waals surface area contributed by atoms with E-state index < -0.39 is 29.4 Å². The average Bonchev–Trinajstić information content (AvgIpc) is 3.11. The van der Waals surface area contributed by atoms with Crippen molar-refractivity contribution in [2.24, 2.45) is 11.8 Å². The van der Waals surface area contributed by atoms with Crippen molar-refractivity contribution in [3.05, 3.63) is 29.3 Å². The quantitative estimate of drug-likeness (QED) is 0.579. The van der Waals surface area contributed by atoms with Gasteiger partial charge >= 0.3 is 12.1 Å². The number of para-hydroxylation sites is 1. The number of hydrogen-bond acceptors (Lipinski definition) is 6. The molecule has 0 bridgehead atoms. The minimum atomic E-state index is -0.669. The molecule has 2 saturated heterocycles. The van der Waals surface area contributed by atoms with E-state index in [9.17, 15) is 14.4 Å². The number of ether oxygens (including phenoxy) is 2. The lowest BCUT2D eigenvalue weighted by Crippen LogP contribution is -2.65. The maximum Gasteiger partial charge on any atom is 0.408 e. The Labute approximate surface area is 213 Å². The lowest BCUT2D eigenvalue weighted by Gasteiger charge is -2.48. The average molecular weight is 508 g/mol. The zero-order valence-electron chi connectivity index (χ0n) is 21.8. The molecule has 9 heteroatoms. The number of esters is 1. The molecule has 2 aliphatic rings. The number of carbonyl (C=O) groups is 3. The third-order valence-corrected chi connectivity index (χ3v) is 6.92. The molecule has 1 N–H and O–H groups in total. The van der Waals surface area contributed by atoms with E-state index in [0.29, 0.717) is 30.2 Å². The number of cyclic esters (lactones) is 1. The summed E-state index contributed by atoms with van der Waals surface area (Å²) in [6.45, 7) is 14.3. The van der Waals surface area contributed by atoms with Crippen LogP contribution in [-0.2, 0) is 19.1 Å². The third kappa shape index (κ3) is 6.67. The van der Waals surface area contributed by atoms with Gasteiger partial charge in [0.2, 0.25) is 5.91 Å². The van der Waals surface area contributed by atoms with Gasteiger partial charge in [0.05, 0.1) is 29.2 Å². The lowest BCUT2D eigenvalue weighted by molar-refractivity contribution is -0.146. The van der Waals surface area contributed by atoms with Gasteiger partial charge < -0.3 is 19.7 Å². The van der Waals surface area contributed by atoms with Gasteiger partial charge in [-0.2, -0.15) is 0 Å². The normalized spacial score (nSPS) is 23.9. The molecule has 3 atom stereocenters. The molecule has 0 radical (unpaired) electrons. The Kier molecular flexibility index (Phi) is 8.06. The van der Waals surface area contributed by atoms with Gasteiger partial charge in [-0.05, 0) is 59.1 Å². The van der Waals surface area contributed by atoms with Crippen LogP contribution in [0.25, 0.3) is 0 Å². The molecule has 1 aromatic rings. The molecule has 1 unspecified atom stereocenters. The Morgan fingerprint density at radius 2 is 1.91 bits per heavy atom. The van der Waals surface area contributed by atoms with E-state index in [1.807, 2.05) is 50.8 Å². The first kappa shape index (κ1) is 27.3. The van der Waals surface area contributed by atoms with Crippen molar-refractivity contribution in [3.63, 3.8) is 0 Å². The number of rotatable bonds is 6.